The van der Waals surface area contributed by atoms with Crippen molar-refractivity contribution in [2.24, 2.45) is 5.41 Å². The van der Waals surface area contributed by atoms with E-state index < -0.39 is 11.8 Å². The molecule has 4 rings (SSSR count). The van der Waals surface area contributed by atoms with Crippen molar-refractivity contribution >= 4 is 23.4 Å². The molecule has 4 heterocycles. The standard InChI is InChI=1S/C24H36F2N8O2/c1-16-19(14-34(31-16)17-6-9-32(4)13-17)29-23-28-12-18(20(25)26)21(30-23)27-7-5-8-33-10-11-36-15-24(2,3)22(33)35/h12,14,17,20H,5-11,13,15H2,1-4H3,(H2,27,28,29,30). The summed E-state index contributed by atoms with van der Waals surface area (Å²) in [6.07, 6.45) is 1.96. The number of hydrogen-bond donors (Lipinski definition) is 2. The van der Waals surface area contributed by atoms with Crippen molar-refractivity contribution < 1.29 is 18.3 Å². The maximum absolute atomic E-state index is 13.6. The molecule has 0 spiro atoms. The van der Waals surface area contributed by atoms with Crippen LogP contribution in [0.1, 0.15) is 50.4 Å². The van der Waals surface area contributed by atoms with Crippen LogP contribution in [0.5, 0.6) is 0 Å². The van der Waals surface area contributed by atoms with Gasteiger partial charge in [-0.3, -0.25) is 9.48 Å². The monoisotopic (exact) mass is 506 g/mol. The number of aryl methyl sites for hydroxylation is 1. The number of ether oxygens (including phenoxy) is 1. The van der Waals surface area contributed by atoms with Crippen molar-refractivity contribution in [1.29, 1.82) is 0 Å². The van der Waals surface area contributed by atoms with Crippen LogP contribution in [0.2, 0.25) is 0 Å². The van der Waals surface area contributed by atoms with Crippen molar-refractivity contribution in [3.05, 3.63) is 23.7 Å². The van der Waals surface area contributed by atoms with Crippen LogP contribution in [0.3, 0.4) is 0 Å². The van der Waals surface area contributed by atoms with Crippen LogP contribution in [-0.4, -0.2) is 88.4 Å². The lowest BCUT2D eigenvalue weighted by Crippen LogP contribution is -2.42. The average Bonchev–Trinajstić information content (AvgIpc) is 3.39. The first-order valence-electron chi connectivity index (χ1n) is 12.4. The highest BCUT2D eigenvalue weighted by Gasteiger charge is 2.34. The lowest BCUT2D eigenvalue weighted by atomic mass is 9.93. The van der Waals surface area contributed by atoms with Gasteiger partial charge in [-0.15, -0.1) is 0 Å². The van der Waals surface area contributed by atoms with Gasteiger partial charge in [0.25, 0.3) is 6.43 Å². The number of likely N-dealkylation sites (N-methyl/N-ethyl adjacent to an activating group) is 1. The van der Waals surface area contributed by atoms with Gasteiger partial charge in [0.15, 0.2) is 0 Å². The van der Waals surface area contributed by atoms with E-state index in [4.69, 9.17) is 4.74 Å². The van der Waals surface area contributed by atoms with Gasteiger partial charge in [0.05, 0.1) is 41.6 Å². The number of likely N-dealkylation sites (tertiary alicyclic amines) is 1. The maximum Gasteiger partial charge on any atom is 0.268 e. The molecule has 10 nitrogen and oxygen atoms in total. The third-order valence-corrected chi connectivity index (χ3v) is 6.69. The van der Waals surface area contributed by atoms with Gasteiger partial charge in [0.2, 0.25) is 11.9 Å². The fraction of sp³-hybridized carbons (Fsp3) is 0.667. The van der Waals surface area contributed by atoms with Crippen LogP contribution >= 0.6 is 0 Å². The van der Waals surface area contributed by atoms with Gasteiger partial charge in [0, 0.05) is 38.6 Å². The highest BCUT2D eigenvalue weighted by atomic mass is 19.3. The Morgan fingerprint density at radius 1 is 1.31 bits per heavy atom. The highest BCUT2D eigenvalue weighted by molar-refractivity contribution is 5.82. The second kappa shape index (κ2) is 11.0. The molecule has 1 atom stereocenters. The first kappa shape index (κ1) is 26.2. The lowest BCUT2D eigenvalue weighted by molar-refractivity contribution is -0.139. The van der Waals surface area contributed by atoms with Gasteiger partial charge in [-0.05, 0) is 47.2 Å². The second-order valence-corrected chi connectivity index (χ2v) is 10.2. The van der Waals surface area contributed by atoms with Crippen molar-refractivity contribution in [3.63, 3.8) is 0 Å². The lowest BCUT2D eigenvalue weighted by Gasteiger charge is -2.27. The van der Waals surface area contributed by atoms with E-state index in [0.717, 1.165) is 37.1 Å². The van der Waals surface area contributed by atoms with E-state index in [1.807, 2.05) is 31.6 Å². The number of nitrogens with zero attached hydrogens (tertiary/aromatic N) is 6. The van der Waals surface area contributed by atoms with Crippen LogP contribution in [0, 0.1) is 12.3 Å². The molecule has 0 saturated carbocycles. The smallest absolute Gasteiger partial charge is 0.268 e. The summed E-state index contributed by atoms with van der Waals surface area (Å²) in [6, 6.07) is 0.303. The Hall–Kier alpha value is -2.86. The molecule has 1 unspecified atom stereocenters. The Morgan fingerprint density at radius 2 is 2.11 bits per heavy atom. The number of hydrogen-bond acceptors (Lipinski definition) is 8. The van der Waals surface area contributed by atoms with Gasteiger partial charge in [-0.25, -0.2) is 13.8 Å². The van der Waals surface area contributed by atoms with Crippen LogP contribution in [0.4, 0.5) is 26.2 Å². The molecule has 12 heteroatoms. The molecular formula is C24H36F2N8O2. The summed E-state index contributed by atoms with van der Waals surface area (Å²) < 4.78 is 34.7. The van der Waals surface area contributed by atoms with Gasteiger partial charge in [0.1, 0.15) is 5.82 Å². The maximum atomic E-state index is 13.6. The molecule has 0 bridgehead atoms. The third kappa shape index (κ3) is 6.09. The van der Waals surface area contributed by atoms with E-state index in [1.165, 1.54) is 0 Å². The Morgan fingerprint density at radius 3 is 2.83 bits per heavy atom. The molecule has 2 N–H and O–H groups in total. The summed E-state index contributed by atoms with van der Waals surface area (Å²) >= 11 is 0. The zero-order chi connectivity index (χ0) is 25.9. The molecule has 0 radical (unpaired) electrons. The normalized spacial score (nSPS) is 20.7. The van der Waals surface area contributed by atoms with Crippen LogP contribution in [0.25, 0.3) is 0 Å². The van der Waals surface area contributed by atoms with E-state index >= 15 is 0 Å². The zero-order valence-electron chi connectivity index (χ0n) is 21.4. The minimum absolute atomic E-state index is 0.0435. The van der Waals surface area contributed by atoms with Crippen molar-refractivity contribution in [2.75, 3.05) is 63.6 Å². The zero-order valence-corrected chi connectivity index (χ0v) is 21.4. The molecule has 198 valence electrons. The molecule has 0 aromatic carbocycles. The fourth-order valence-corrected chi connectivity index (χ4v) is 4.58. The predicted octanol–water partition coefficient (Wildman–Crippen LogP) is 3.23. The Kier molecular flexibility index (Phi) is 8.04. The van der Waals surface area contributed by atoms with E-state index in [2.05, 4.69) is 37.6 Å². The van der Waals surface area contributed by atoms with Gasteiger partial charge >= 0.3 is 0 Å². The quantitative estimate of drug-likeness (QED) is 0.500. The van der Waals surface area contributed by atoms with E-state index in [-0.39, 0.29) is 23.2 Å². The number of carbonyl (C=O) groups excluding carboxylic acids is 1. The number of halogens is 2. The summed E-state index contributed by atoms with van der Waals surface area (Å²) in [6.45, 7) is 9.88. The van der Waals surface area contributed by atoms with Gasteiger partial charge in [-0.1, -0.05) is 0 Å². The number of alkyl halides is 2. The van der Waals surface area contributed by atoms with E-state index in [1.54, 1.807) is 4.90 Å². The molecule has 2 saturated heterocycles. The second-order valence-electron chi connectivity index (χ2n) is 10.2. The van der Waals surface area contributed by atoms with Gasteiger partial charge in [-0.2, -0.15) is 10.1 Å². The third-order valence-electron chi connectivity index (χ3n) is 6.69. The number of carbonyl (C=O) groups is 1. The first-order valence-corrected chi connectivity index (χ1v) is 12.4. The number of nitrogens with one attached hydrogen (secondary N) is 2. The van der Waals surface area contributed by atoms with Crippen LogP contribution < -0.4 is 10.6 Å². The highest BCUT2D eigenvalue weighted by Crippen LogP contribution is 2.28. The van der Waals surface area contributed by atoms with Crippen molar-refractivity contribution in [3.8, 4) is 0 Å². The predicted molar refractivity (Wildman–Crippen MR) is 133 cm³/mol. The molecule has 0 aliphatic carbocycles. The minimum atomic E-state index is -2.71. The average molecular weight is 507 g/mol. The summed E-state index contributed by atoms with van der Waals surface area (Å²) in [4.78, 5) is 25.2. The number of rotatable bonds is 9. The fourth-order valence-electron chi connectivity index (χ4n) is 4.58. The Bertz CT molecular complexity index is 1060. The molecule has 2 fully saturated rings. The minimum Gasteiger partial charge on any atom is -0.379 e. The first-order chi connectivity index (χ1) is 17.1. The van der Waals surface area contributed by atoms with Crippen molar-refractivity contribution in [2.45, 2.75) is 46.1 Å². The molecule has 2 aromatic heterocycles. The number of aromatic nitrogens is 4. The number of anilines is 3. The topological polar surface area (TPSA) is 100 Å². The Labute approximate surface area is 210 Å². The SMILES string of the molecule is Cc1nn(C2CCN(C)C2)cc1Nc1ncc(C(F)F)c(NCCCN2CCOCC(C)(C)C2=O)n1. The van der Waals surface area contributed by atoms with Crippen LogP contribution in [-0.2, 0) is 9.53 Å². The molecule has 2 aromatic rings. The molecule has 2 aliphatic rings. The largest absolute Gasteiger partial charge is 0.379 e. The summed E-state index contributed by atoms with van der Waals surface area (Å²) in [7, 11) is 2.09. The van der Waals surface area contributed by atoms with Crippen molar-refractivity contribution in [1.82, 2.24) is 29.5 Å². The van der Waals surface area contributed by atoms with Gasteiger partial charge < -0.3 is 25.2 Å². The summed E-state index contributed by atoms with van der Waals surface area (Å²) in [5, 5.41) is 10.8. The molecule has 2 aliphatic heterocycles. The summed E-state index contributed by atoms with van der Waals surface area (Å²) in [5.74, 6) is 0.340. The Balaban J connectivity index is 1.39. The molecular weight excluding hydrogens is 470 g/mol. The summed E-state index contributed by atoms with van der Waals surface area (Å²) in [5.41, 5.74) is 0.696. The number of amides is 1. The molecule has 1 amide bonds. The molecule has 36 heavy (non-hydrogen) atoms. The van der Waals surface area contributed by atoms with E-state index in [9.17, 15) is 13.6 Å². The van der Waals surface area contributed by atoms with E-state index in [0.29, 0.717) is 45.3 Å². The van der Waals surface area contributed by atoms with Crippen LogP contribution in [0.15, 0.2) is 12.4 Å².